The van der Waals surface area contributed by atoms with Crippen LogP contribution in [-0.2, 0) is 4.79 Å². The Morgan fingerprint density at radius 2 is 2.05 bits per heavy atom. The summed E-state index contributed by atoms with van der Waals surface area (Å²) in [5, 5.41) is 31.1. The van der Waals surface area contributed by atoms with Gasteiger partial charge in [0, 0.05) is 11.1 Å². The summed E-state index contributed by atoms with van der Waals surface area (Å²) in [4.78, 5) is 10.5. The van der Waals surface area contributed by atoms with Gasteiger partial charge in [0.05, 0.1) is 5.70 Å². The molecule has 1 aliphatic carbocycles. The lowest BCUT2D eigenvalue weighted by atomic mass is 10.00. The molecule has 0 fully saturated rings. The van der Waals surface area contributed by atoms with Crippen LogP contribution in [0.15, 0.2) is 53.4 Å². The zero-order valence-corrected chi connectivity index (χ0v) is 10.7. The zero-order valence-electron chi connectivity index (χ0n) is 10.7. The van der Waals surface area contributed by atoms with Gasteiger partial charge in [0.15, 0.2) is 0 Å². The monoisotopic (exact) mass is 273 g/mol. The SMILES string of the molecule is O=C(O)CNC1=C(O)C(=Cc2ccccc2O)CC=C1. The fourth-order valence-corrected chi connectivity index (χ4v) is 1.89. The van der Waals surface area contributed by atoms with E-state index in [0.717, 1.165) is 0 Å². The summed E-state index contributed by atoms with van der Waals surface area (Å²) in [6, 6.07) is 6.80. The fraction of sp³-hybridized carbons (Fsp3) is 0.133. The van der Waals surface area contributed by atoms with Gasteiger partial charge in [-0.05, 0) is 24.6 Å². The highest BCUT2D eigenvalue weighted by Gasteiger charge is 2.13. The summed E-state index contributed by atoms with van der Waals surface area (Å²) in [7, 11) is 0. The Bertz CT molecular complexity index is 614. The third-order valence-electron chi connectivity index (χ3n) is 2.88. The number of allylic oxidation sites excluding steroid dienone is 3. The molecule has 5 nitrogen and oxygen atoms in total. The van der Waals surface area contributed by atoms with Crippen LogP contribution in [-0.4, -0.2) is 27.8 Å². The number of carboxylic acids is 1. The number of nitrogens with one attached hydrogen (secondary N) is 1. The van der Waals surface area contributed by atoms with Crippen molar-refractivity contribution in [1.82, 2.24) is 5.32 Å². The van der Waals surface area contributed by atoms with E-state index in [0.29, 0.717) is 23.3 Å². The second-order valence-electron chi connectivity index (χ2n) is 4.34. The predicted molar refractivity (Wildman–Crippen MR) is 75.1 cm³/mol. The number of benzene rings is 1. The topological polar surface area (TPSA) is 89.8 Å². The summed E-state index contributed by atoms with van der Waals surface area (Å²) >= 11 is 0. The van der Waals surface area contributed by atoms with Gasteiger partial charge in [-0.1, -0.05) is 24.3 Å². The Hall–Kier alpha value is -2.69. The van der Waals surface area contributed by atoms with Gasteiger partial charge in [-0.2, -0.15) is 0 Å². The minimum atomic E-state index is -1.00. The maximum Gasteiger partial charge on any atom is 0.322 e. The van der Waals surface area contributed by atoms with Gasteiger partial charge in [-0.3, -0.25) is 4.79 Å². The van der Waals surface area contributed by atoms with Crippen molar-refractivity contribution in [2.75, 3.05) is 6.54 Å². The van der Waals surface area contributed by atoms with E-state index in [9.17, 15) is 15.0 Å². The van der Waals surface area contributed by atoms with Gasteiger partial charge in [-0.15, -0.1) is 0 Å². The van der Waals surface area contributed by atoms with Crippen LogP contribution >= 0.6 is 0 Å². The number of aliphatic hydroxyl groups is 1. The number of carbonyl (C=O) groups is 1. The van der Waals surface area contributed by atoms with Crippen molar-refractivity contribution in [2.45, 2.75) is 6.42 Å². The van der Waals surface area contributed by atoms with Gasteiger partial charge in [0.2, 0.25) is 0 Å². The van der Waals surface area contributed by atoms with Crippen LogP contribution < -0.4 is 5.32 Å². The molecule has 1 aliphatic rings. The van der Waals surface area contributed by atoms with Crippen LogP contribution in [0.4, 0.5) is 0 Å². The van der Waals surface area contributed by atoms with Crippen molar-refractivity contribution < 1.29 is 20.1 Å². The largest absolute Gasteiger partial charge is 0.507 e. The molecule has 20 heavy (non-hydrogen) atoms. The molecule has 2 rings (SSSR count). The number of rotatable bonds is 4. The van der Waals surface area contributed by atoms with Crippen LogP contribution in [0.2, 0.25) is 0 Å². The standard InChI is InChI=1S/C15H15NO4/c17-13-7-2-1-4-10(13)8-11-5-3-6-12(15(11)20)16-9-14(18)19/h1-4,6-8,16-17,20H,5,9H2,(H,18,19). The van der Waals surface area contributed by atoms with E-state index >= 15 is 0 Å². The van der Waals surface area contributed by atoms with Crippen LogP contribution in [0.1, 0.15) is 12.0 Å². The highest BCUT2D eigenvalue weighted by atomic mass is 16.4. The van der Waals surface area contributed by atoms with E-state index in [4.69, 9.17) is 5.11 Å². The van der Waals surface area contributed by atoms with Crippen molar-refractivity contribution in [3.8, 4) is 5.75 Å². The Balaban J connectivity index is 2.27. The maximum atomic E-state index is 10.5. The molecule has 0 unspecified atom stereocenters. The Kier molecular flexibility index (Phi) is 4.10. The lowest BCUT2D eigenvalue weighted by Crippen LogP contribution is -2.23. The molecule has 0 saturated heterocycles. The second-order valence-corrected chi connectivity index (χ2v) is 4.34. The van der Waals surface area contributed by atoms with Crippen molar-refractivity contribution in [3.05, 3.63) is 59.0 Å². The fourth-order valence-electron chi connectivity index (χ4n) is 1.89. The molecule has 0 heterocycles. The van der Waals surface area contributed by atoms with Crippen LogP contribution in [0.5, 0.6) is 5.75 Å². The average Bonchev–Trinajstić information content (AvgIpc) is 2.42. The first-order valence-corrected chi connectivity index (χ1v) is 6.12. The number of phenols is 1. The molecule has 104 valence electrons. The summed E-state index contributed by atoms with van der Waals surface area (Å²) in [6.07, 6.45) is 5.64. The first kappa shape index (κ1) is 13.7. The lowest BCUT2D eigenvalue weighted by molar-refractivity contribution is -0.135. The van der Waals surface area contributed by atoms with E-state index in [1.54, 1.807) is 36.4 Å². The van der Waals surface area contributed by atoms with Crippen LogP contribution in [0, 0.1) is 0 Å². The minimum Gasteiger partial charge on any atom is -0.507 e. The van der Waals surface area contributed by atoms with Gasteiger partial charge >= 0.3 is 5.97 Å². The highest BCUT2D eigenvalue weighted by Crippen LogP contribution is 2.26. The zero-order chi connectivity index (χ0) is 14.5. The number of para-hydroxylation sites is 1. The quantitative estimate of drug-likeness (QED) is 0.675. The molecule has 0 aliphatic heterocycles. The molecule has 0 amide bonds. The Morgan fingerprint density at radius 1 is 1.30 bits per heavy atom. The third-order valence-corrected chi connectivity index (χ3v) is 2.88. The lowest BCUT2D eigenvalue weighted by Gasteiger charge is -2.15. The number of phenolic OH excluding ortho intramolecular Hbond substituents is 1. The Morgan fingerprint density at radius 3 is 2.75 bits per heavy atom. The summed E-state index contributed by atoms with van der Waals surface area (Å²) in [6.45, 7) is -0.270. The number of hydrogen-bond acceptors (Lipinski definition) is 4. The van der Waals surface area contributed by atoms with Gasteiger partial charge in [-0.25, -0.2) is 0 Å². The molecule has 0 saturated carbocycles. The van der Waals surface area contributed by atoms with Crippen LogP contribution in [0.3, 0.4) is 0 Å². The van der Waals surface area contributed by atoms with Crippen molar-refractivity contribution in [2.24, 2.45) is 0 Å². The normalized spacial score (nSPS) is 16.5. The first-order valence-electron chi connectivity index (χ1n) is 6.12. The van der Waals surface area contributed by atoms with Crippen molar-refractivity contribution in [1.29, 1.82) is 0 Å². The van der Waals surface area contributed by atoms with E-state index < -0.39 is 5.97 Å². The van der Waals surface area contributed by atoms with Crippen molar-refractivity contribution in [3.63, 3.8) is 0 Å². The van der Waals surface area contributed by atoms with E-state index in [2.05, 4.69) is 5.32 Å². The van der Waals surface area contributed by atoms with Gasteiger partial charge in [0.25, 0.3) is 0 Å². The van der Waals surface area contributed by atoms with Gasteiger partial charge in [0.1, 0.15) is 18.1 Å². The highest BCUT2D eigenvalue weighted by molar-refractivity contribution is 5.70. The number of carboxylic acid groups (broad SMARTS) is 1. The molecule has 0 spiro atoms. The average molecular weight is 273 g/mol. The molecular weight excluding hydrogens is 258 g/mol. The smallest absolute Gasteiger partial charge is 0.322 e. The molecule has 0 bridgehead atoms. The summed E-state index contributed by atoms with van der Waals surface area (Å²) in [5.74, 6) is -0.880. The molecule has 1 aromatic rings. The predicted octanol–water partition coefficient (Wildman–Crippen LogP) is 2.18. The number of aliphatic carboxylic acids is 1. The molecule has 4 N–H and O–H groups in total. The van der Waals surface area contributed by atoms with E-state index in [1.807, 2.05) is 6.08 Å². The summed E-state index contributed by atoms with van der Waals surface area (Å²) in [5.41, 5.74) is 1.57. The third kappa shape index (κ3) is 3.20. The minimum absolute atomic E-state index is 0.00277. The molecule has 5 heteroatoms. The van der Waals surface area contributed by atoms with E-state index in [-0.39, 0.29) is 18.1 Å². The second kappa shape index (κ2) is 5.97. The number of aliphatic hydroxyl groups excluding tert-OH is 1. The number of aromatic hydroxyl groups is 1. The van der Waals surface area contributed by atoms with Crippen LogP contribution in [0.25, 0.3) is 6.08 Å². The summed E-state index contributed by atoms with van der Waals surface area (Å²) < 4.78 is 0. The molecule has 0 aromatic heterocycles. The number of hydrogen-bond donors (Lipinski definition) is 4. The first-order chi connectivity index (χ1) is 9.58. The molecule has 1 aromatic carbocycles. The van der Waals surface area contributed by atoms with E-state index in [1.165, 1.54) is 0 Å². The Labute approximate surface area is 116 Å². The van der Waals surface area contributed by atoms with Crippen molar-refractivity contribution >= 4 is 12.0 Å². The molecule has 0 radical (unpaired) electrons. The van der Waals surface area contributed by atoms with Gasteiger partial charge < -0.3 is 20.6 Å². The molecule has 0 atom stereocenters. The maximum absolute atomic E-state index is 10.5. The molecular formula is C15H15NO4.